The van der Waals surface area contributed by atoms with Gasteiger partial charge in [0.25, 0.3) is 0 Å². The minimum absolute atomic E-state index is 0.0979. The Morgan fingerprint density at radius 1 is 1.11 bits per heavy atom. The van der Waals surface area contributed by atoms with Crippen molar-refractivity contribution in [2.24, 2.45) is 0 Å². The first-order chi connectivity index (χ1) is 12.9. The number of nitrogens with zero attached hydrogens (tertiary/aromatic N) is 2. The summed E-state index contributed by atoms with van der Waals surface area (Å²) in [5.41, 5.74) is 0. The molecule has 4 N–H and O–H groups in total. The number of aliphatic hydroxyl groups is 1. The van der Waals surface area contributed by atoms with E-state index < -0.39 is 12.2 Å². The summed E-state index contributed by atoms with van der Waals surface area (Å²) in [7, 11) is 0. The van der Waals surface area contributed by atoms with E-state index in [9.17, 15) is 29.7 Å². The first kappa shape index (κ1) is 20.3. The number of nitrogens with one attached hydrogen (secondary N) is 1. The Morgan fingerprint density at radius 2 is 1.81 bits per heavy atom. The number of unbranched alkanes of at least 4 members (excludes halogenated alkanes) is 2. The van der Waals surface area contributed by atoms with Crippen LogP contribution in [-0.4, -0.2) is 62.1 Å². The first-order valence-corrected chi connectivity index (χ1v) is 8.63. The molecule has 0 saturated heterocycles. The highest BCUT2D eigenvalue weighted by atomic mass is 16.7. The van der Waals surface area contributed by atoms with Crippen LogP contribution in [-0.2, 0) is 14.4 Å². The number of aromatic nitrogens is 1. The van der Waals surface area contributed by atoms with Crippen LogP contribution in [0.15, 0.2) is 24.3 Å². The molecule has 10 nitrogen and oxygen atoms in total. The number of rotatable bonds is 10. The number of hydrogen-bond acceptors (Lipinski definition) is 7. The number of aromatic hydroxyl groups is 2. The monoisotopic (exact) mass is 381 g/mol. The van der Waals surface area contributed by atoms with Crippen molar-refractivity contribution in [1.29, 1.82) is 0 Å². The average Bonchev–Trinajstić information content (AvgIpc) is 3.12. The minimum Gasteiger partial charge on any atom is -0.492 e. The van der Waals surface area contributed by atoms with E-state index in [4.69, 9.17) is 4.84 Å². The highest BCUT2D eigenvalue weighted by Gasteiger charge is 2.23. The zero-order valence-corrected chi connectivity index (χ0v) is 14.7. The lowest BCUT2D eigenvalue weighted by atomic mass is 10.2. The van der Waals surface area contributed by atoms with Gasteiger partial charge in [0.1, 0.15) is 6.23 Å². The molecule has 1 aliphatic heterocycles. The Hall–Kier alpha value is -3.01. The van der Waals surface area contributed by atoms with Crippen molar-refractivity contribution in [3.8, 4) is 11.8 Å². The van der Waals surface area contributed by atoms with Crippen molar-refractivity contribution in [2.75, 3.05) is 13.1 Å². The smallest absolute Gasteiger partial charge is 0.333 e. The molecule has 0 bridgehead atoms. The molecule has 2 heterocycles. The second-order valence-corrected chi connectivity index (χ2v) is 6.02. The third-order valence-corrected chi connectivity index (χ3v) is 3.96. The summed E-state index contributed by atoms with van der Waals surface area (Å²) in [6, 6.07) is 2.39. The molecule has 1 aromatic heterocycles. The maximum Gasteiger partial charge on any atom is 0.333 e. The highest BCUT2D eigenvalue weighted by molar-refractivity contribution is 5.90. The van der Waals surface area contributed by atoms with Gasteiger partial charge in [0.2, 0.25) is 23.6 Å². The van der Waals surface area contributed by atoms with E-state index >= 15 is 0 Å². The summed E-state index contributed by atoms with van der Waals surface area (Å²) in [4.78, 5) is 40.8. The molecule has 0 aliphatic carbocycles. The Balaban J connectivity index is 1.51. The van der Waals surface area contributed by atoms with Crippen molar-refractivity contribution >= 4 is 17.8 Å². The van der Waals surface area contributed by atoms with Gasteiger partial charge in [0, 0.05) is 44.1 Å². The summed E-state index contributed by atoms with van der Waals surface area (Å²) in [6.45, 7) is 0.575. The zero-order valence-electron chi connectivity index (χ0n) is 14.7. The number of carbonyl (C=O) groups excluding carboxylic acids is 3. The molecule has 1 aromatic rings. The number of hydrogen-bond donors (Lipinski definition) is 4. The van der Waals surface area contributed by atoms with E-state index in [1.165, 1.54) is 29.2 Å². The average molecular weight is 381 g/mol. The summed E-state index contributed by atoms with van der Waals surface area (Å²) < 4.78 is 0.639. The first-order valence-electron chi connectivity index (χ1n) is 8.63. The maximum atomic E-state index is 11.7. The molecule has 2 rings (SSSR count). The quantitative estimate of drug-likeness (QED) is 0.406. The summed E-state index contributed by atoms with van der Waals surface area (Å²) in [6.07, 6.45) is 3.72. The third-order valence-electron chi connectivity index (χ3n) is 3.96. The maximum absolute atomic E-state index is 11.7. The van der Waals surface area contributed by atoms with Gasteiger partial charge in [-0.05, 0) is 18.9 Å². The lowest BCUT2D eigenvalue weighted by Crippen LogP contribution is -2.37. The Morgan fingerprint density at radius 3 is 2.44 bits per heavy atom. The predicted molar refractivity (Wildman–Crippen MR) is 92.3 cm³/mol. The molecule has 0 spiro atoms. The molecule has 2 amide bonds. The molecule has 0 fully saturated rings. The van der Waals surface area contributed by atoms with Gasteiger partial charge in [0.05, 0.1) is 0 Å². The normalized spacial score (nSPS) is 16.0. The summed E-state index contributed by atoms with van der Waals surface area (Å²) in [5, 5.41) is 31.0. The van der Waals surface area contributed by atoms with Crippen molar-refractivity contribution in [1.82, 2.24) is 14.9 Å². The Labute approximate surface area is 155 Å². The third kappa shape index (κ3) is 6.03. The molecule has 1 unspecified atom stereocenters. The number of amides is 2. The lowest BCUT2D eigenvalue weighted by Gasteiger charge is -2.19. The van der Waals surface area contributed by atoms with Crippen molar-refractivity contribution in [3.63, 3.8) is 0 Å². The number of carbonyl (C=O) groups is 3. The van der Waals surface area contributed by atoms with E-state index in [0.29, 0.717) is 30.5 Å². The van der Waals surface area contributed by atoms with E-state index in [0.717, 1.165) is 0 Å². The fraction of sp³-hybridized carbons (Fsp3) is 0.471. The molecular formula is C17H23N3O7. The van der Waals surface area contributed by atoms with E-state index in [1.54, 1.807) is 0 Å². The second-order valence-electron chi connectivity index (χ2n) is 6.02. The molecule has 148 valence electrons. The molecule has 0 aromatic carbocycles. The Kier molecular flexibility index (Phi) is 7.24. The molecule has 27 heavy (non-hydrogen) atoms. The largest absolute Gasteiger partial charge is 0.492 e. The predicted octanol–water partition coefficient (Wildman–Crippen LogP) is -0.362. The fourth-order valence-electron chi connectivity index (χ4n) is 2.49. The van der Waals surface area contributed by atoms with Gasteiger partial charge in [0.15, 0.2) is 0 Å². The van der Waals surface area contributed by atoms with Crippen LogP contribution in [0.25, 0.3) is 0 Å². The molecule has 0 radical (unpaired) electrons. The van der Waals surface area contributed by atoms with E-state index in [2.05, 4.69) is 5.32 Å². The van der Waals surface area contributed by atoms with Gasteiger partial charge in [-0.25, -0.2) is 4.79 Å². The topological polar surface area (TPSA) is 141 Å². The molecule has 10 heteroatoms. The van der Waals surface area contributed by atoms with Crippen molar-refractivity contribution < 1.29 is 34.5 Å². The van der Waals surface area contributed by atoms with Crippen LogP contribution in [0.3, 0.4) is 0 Å². The van der Waals surface area contributed by atoms with Crippen LogP contribution in [0, 0.1) is 0 Å². The lowest BCUT2D eigenvalue weighted by molar-refractivity contribution is -0.145. The Bertz CT molecular complexity index is 694. The van der Waals surface area contributed by atoms with Crippen LogP contribution in [0.2, 0.25) is 0 Å². The summed E-state index contributed by atoms with van der Waals surface area (Å²) >= 11 is 0. The van der Waals surface area contributed by atoms with Crippen LogP contribution >= 0.6 is 0 Å². The zero-order chi connectivity index (χ0) is 19.8. The van der Waals surface area contributed by atoms with Crippen LogP contribution in [0.1, 0.15) is 32.1 Å². The van der Waals surface area contributed by atoms with Gasteiger partial charge in [-0.1, -0.05) is 6.42 Å². The van der Waals surface area contributed by atoms with Gasteiger partial charge in [-0.2, -0.15) is 0 Å². The highest BCUT2D eigenvalue weighted by Crippen LogP contribution is 2.19. The van der Waals surface area contributed by atoms with Crippen LogP contribution in [0.5, 0.6) is 11.8 Å². The van der Waals surface area contributed by atoms with Gasteiger partial charge < -0.3 is 30.4 Å². The van der Waals surface area contributed by atoms with Gasteiger partial charge >= 0.3 is 5.97 Å². The molecule has 1 atom stereocenters. The number of aliphatic hydroxyl groups excluding tert-OH is 1. The summed E-state index contributed by atoms with van der Waals surface area (Å²) in [5.74, 6) is -1.88. The SMILES string of the molecule is O=C(CCN1C(=O)C=CC1O)NCCCCCC(=O)On1c(O)ccc1O. The van der Waals surface area contributed by atoms with Gasteiger partial charge in [-0.3, -0.25) is 9.59 Å². The second kappa shape index (κ2) is 9.62. The minimum atomic E-state index is -0.972. The van der Waals surface area contributed by atoms with E-state index in [-0.39, 0.29) is 43.0 Å². The van der Waals surface area contributed by atoms with Crippen LogP contribution in [0.4, 0.5) is 0 Å². The fourth-order valence-corrected chi connectivity index (χ4v) is 2.49. The van der Waals surface area contributed by atoms with Crippen molar-refractivity contribution in [3.05, 3.63) is 24.3 Å². The molecule has 0 saturated carbocycles. The van der Waals surface area contributed by atoms with E-state index in [1.807, 2.05) is 0 Å². The molecular weight excluding hydrogens is 358 g/mol. The molecule has 1 aliphatic rings. The van der Waals surface area contributed by atoms with Crippen molar-refractivity contribution in [2.45, 2.75) is 38.3 Å². The van der Waals surface area contributed by atoms with Gasteiger partial charge in [-0.15, -0.1) is 4.73 Å². The standard InChI is InChI=1S/C17H23N3O7/c21-12(9-11-19-13(22)5-6-14(19)23)18-10-3-1-2-4-17(26)27-20-15(24)7-8-16(20)25/h5-8,13,22,24-25H,1-4,9-11H2,(H,18,21). The van der Waals surface area contributed by atoms with Crippen LogP contribution < -0.4 is 10.2 Å².